The van der Waals surface area contributed by atoms with Gasteiger partial charge < -0.3 is 5.32 Å². The molecule has 0 fully saturated rings. The number of nitrogens with one attached hydrogen (secondary N) is 1. The molecule has 2 unspecified atom stereocenters. The molecule has 0 saturated carbocycles. The maximum absolute atomic E-state index is 11.8. The third kappa shape index (κ3) is 6.76. The lowest BCUT2D eigenvalue weighted by Crippen LogP contribution is -2.35. The summed E-state index contributed by atoms with van der Waals surface area (Å²) in [6.45, 7) is 9.76. The van der Waals surface area contributed by atoms with E-state index in [2.05, 4.69) is 31.1 Å². The van der Waals surface area contributed by atoms with Crippen LogP contribution in [-0.4, -0.2) is 35.6 Å². The van der Waals surface area contributed by atoms with Crippen molar-refractivity contribution in [2.24, 2.45) is 16.8 Å². The Balaban J connectivity index is 4.76. The first kappa shape index (κ1) is 18.2. The van der Waals surface area contributed by atoms with Gasteiger partial charge in [0.2, 0.25) is 5.91 Å². The van der Waals surface area contributed by atoms with Crippen LogP contribution in [0.25, 0.3) is 0 Å². The molecule has 0 aliphatic rings. The molecule has 110 valence electrons. The first-order valence-electron chi connectivity index (χ1n) is 6.72. The molecule has 0 rings (SSSR count). The highest BCUT2D eigenvalue weighted by Crippen LogP contribution is 2.23. The SMILES string of the molecule is CCC(C(=NC(C)C(=O)NCC(C)=O)SC)C(C)C. The zero-order valence-electron chi connectivity index (χ0n) is 12.8. The highest BCUT2D eigenvalue weighted by molar-refractivity contribution is 8.13. The van der Waals surface area contributed by atoms with Gasteiger partial charge in [-0.15, -0.1) is 11.8 Å². The molecule has 0 bridgehead atoms. The zero-order valence-corrected chi connectivity index (χ0v) is 13.6. The Labute approximate surface area is 120 Å². The van der Waals surface area contributed by atoms with E-state index in [1.165, 1.54) is 6.92 Å². The summed E-state index contributed by atoms with van der Waals surface area (Å²) < 4.78 is 0. The van der Waals surface area contributed by atoms with E-state index >= 15 is 0 Å². The summed E-state index contributed by atoms with van der Waals surface area (Å²) >= 11 is 1.60. The molecule has 0 aromatic heterocycles. The second-order valence-electron chi connectivity index (χ2n) is 5.03. The lowest BCUT2D eigenvalue weighted by atomic mass is 9.94. The van der Waals surface area contributed by atoms with Gasteiger partial charge in [0.05, 0.1) is 11.6 Å². The highest BCUT2D eigenvalue weighted by Gasteiger charge is 2.20. The van der Waals surface area contributed by atoms with Crippen LogP contribution < -0.4 is 5.32 Å². The van der Waals surface area contributed by atoms with Gasteiger partial charge >= 0.3 is 0 Å². The van der Waals surface area contributed by atoms with Crippen LogP contribution in [0.5, 0.6) is 0 Å². The topological polar surface area (TPSA) is 58.5 Å². The van der Waals surface area contributed by atoms with Crippen LogP contribution in [0.15, 0.2) is 4.99 Å². The molecule has 1 amide bonds. The Morgan fingerprint density at radius 2 is 1.84 bits per heavy atom. The normalized spacial score (nSPS) is 15.2. The van der Waals surface area contributed by atoms with E-state index in [1.807, 2.05) is 6.26 Å². The number of thioether (sulfide) groups is 1. The van der Waals surface area contributed by atoms with Crippen molar-refractivity contribution in [1.29, 1.82) is 0 Å². The predicted molar refractivity (Wildman–Crippen MR) is 82.7 cm³/mol. The molecule has 0 aliphatic heterocycles. The van der Waals surface area contributed by atoms with E-state index in [0.717, 1.165) is 11.5 Å². The van der Waals surface area contributed by atoms with Gasteiger partial charge in [0.1, 0.15) is 11.8 Å². The molecule has 0 spiro atoms. The smallest absolute Gasteiger partial charge is 0.244 e. The third-order valence-corrected chi connectivity index (χ3v) is 3.81. The average molecular weight is 286 g/mol. The summed E-state index contributed by atoms with van der Waals surface area (Å²) in [4.78, 5) is 27.2. The van der Waals surface area contributed by atoms with Gasteiger partial charge in [-0.05, 0) is 32.4 Å². The van der Waals surface area contributed by atoms with Crippen LogP contribution in [0.3, 0.4) is 0 Å². The molecule has 0 aromatic carbocycles. The van der Waals surface area contributed by atoms with Crippen LogP contribution in [-0.2, 0) is 9.59 Å². The molecular formula is C14H26N2O2S. The minimum atomic E-state index is -0.449. The molecule has 4 nitrogen and oxygen atoms in total. The van der Waals surface area contributed by atoms with E-state index in [9.17, 15) is 9.59 Å². The van der Waals surface area contributed by atoms with Crippen molar-refractivity contribution in [3.63, 3.8) is 0 Å². The fraction of sp³-hybridized carbons (Fsp3) is 0.786. The number of aliphatic imine (C=N–C) groups is 1. The molecule has 19 heavy (non-hydrogen) atoms. The Hall–Kier alpha value is -0.840. The van der Waals surface area contributed by atoms with Crippen molar-refractivity contribution in [3.8, 4) is 0 Å². The van der Waals surface area contributed by atoms with Crippen LogP contribution in [0.4, 0.5) is 0 Å². The Kier molecular flexibility index (Phi) is 8.72. The van der Waals surface area contributed by atoms with Gasteiger partial charge in [0.15, 0.2) is 0 Å². The van der Waals surface area contributed by atoms with Crippen LogP contribution in [0.1, 0.15) is 41.0 Å². The number of rotatable bonds is 7. The van der Waals surface area contributed by atoms with Crippen molar-refractivity contribution in [1.82, 2.24) is 5.32 Å². The second kappa shape index (κ2) is 9.13. The van der Waals surface area contributed by atoms with Gasteiger partial charge in [0, 0.05) is 5.92 Å². The summed E-state index contributed by atoms with van der Waals surface area (Å²) in [6.07, 6.45) is 3.00. The summed E-state index contributed by atoms with van der Waals surface area (Å²) in [7, 11) is 0. The minimum Gasteiger partial charge on any atom is -0.347 e. The standard InChI is InChI=1S/C14H26N2O2S/c1-7-12(9(2)3)14(19-6)16-11(5)13(18)15-8-10(4)17/h9,11-12H,7-8H2,1-6H3,(H,15,18). The number of amides is 1. The Morgan fingerprint density at radius 1 is 1.26 bits per heavy atom. The van der Waals surface area contributed by atoms with E-state index in [0.29, 0.717) is 11.8 Å². The minimum absolute atomic E-state index is 0.0526. The number of hydrogen-bond acceptors (Lipinski definition) is 4. The fourth-order valence-corrected chi connectivity index (χ4v) is 2.84. The van der Waals surface area contributed by atoms with E-state index < -0.39 is 6.04 Å². The van der Waals surface area contributed by atoms with Gasteiger partial charge in [-0.1, -0.05) is 20.8 Å². The number of ketones is 1. The molecule has 1 N–H and O–H groups in total. The molecule has 0 heterocycles. The maximum Gasteiger partial charge on any atom is 0.244 e. The van der Waals surface area contributed by atoms with E-state index in [-0.39, 0.29) is 18.2 Å². The molecule has 0 radical (unpaired) electrons. The molecular weight excluding hydrogens is 260 g/mol. The van der Waals surface area contributed by atoms with Crippen LogP contribution in [0.2, 0.25) is 0 Å². The van der Waals surface area contributed by atoms with Gasteiger partial charge in [-0.25, -0.2) is 0 Å². The van der Waals surface area contributed by atoms with Gasteiger partial charge in [0.25, 0.3) is 0 Å². The third-order valence-electron chi connectivity index (χ3n) is 2.98. The fourth-order valence-electron chi connectivity index (χ4n) is 1.84. The quantitative estimate of drug-likeness (QED) is 0.578. The van der Waals surface area contributed by atoms with Gasteiger partial charge in [-0.2, -0.15) is 0 Å². The van der Waals surface area contributed by atoms with Crippen molar-refractivity contribution in [3.05, 3.63) is 0 Å². The van der Waals surface area contributed by atoms with Crippen molar-refractivity contribution >= 4 is 28.5 Å². The monoisotopic (exact) mass is 286 g/mol. The number of carbonyl (C=O) groups excluding carboxylic acids is 2. The predicted octanol–water partition coefficient (Wildman–Crippen LogP) is 2.52. The van der Waals surface area contributed by atoms with Crippen LogP contribution in [0, 0.1) is 11.8 Å². The molecule has 0 aliphatic carbocycles. The summed E-state index contributed by atoms with van der Waals surface area (Å²) in [5.41, 5.74) is 0. The Morgan fingerprint density at radius 3 is 2.21 bits per heavy atom. The number of Topliss-reactive ketones (excluding diaryl/α,β-unsaturated/α-hetero) is 1. The van der Waals surface area contributed by atoms with Gasteiger partial charge in [-0.3, -0.25) is 14.6 Å². The summed E-state index contributed by atoms with van der Waals surface area (Å²) in [5.74, 6) is 0.644. The van der Waals surface area contributed by atoms with E-state index in [1.54, 1.807) is 18.7 Å². The van der Waals surface area contributed by atoms with Crippen molar-refractivity contribution in [2.45, 2.75) is 47.1 Å². The van der Waals surface area contributed by atoms with Crippen molar-refractivity contribution in [2.75, 3.05) is 12.8 Å². The lowest BCUT2D eigenvalue weighted by Gasteiger charge is -2.21. The largest absolute Gasteiger partial charge is 0.347 e. The lowest BCUT2D eigenvalue weighted by molar-refractivity contribution is -0.125. The first-order valence-corrected chi connectivity index (χ1v) is 7.94. The summed E-state index contributed by atoms with van der Waals surface area (Å²) in [6, 6.07) is -0.449. The Bertz CT molecular complexity index is 340. The highest BCUT2D eigenvalue weighted by atomic mass is 32.2. The zero-order chi connectivity index (χ0) is 15.0. The molecule has 0 saturated heterocycles. The number of hydrogen-bond donors (Lipinski definition) is 1. The summed E-state index contributed by atoms with van der Waals surface area (Å²) in [5, 5.41) is 3.61. The number of carbonyl (C=O) groups is 2. The maximum atomic E-state index is 11.8. The average Bonchev–Trinajstić information content (AvgIpc) is 2.34. The molecule has 5 heteroatoms. The number of nitrogens with zero attached hydrogens (tertiary/aromatic N) is 1. The molecule has 2 atom stereocenters. The van der Waals surface area contributed by atoms with Crippen molar-refractivity contribution < 1.29 is 9.59 Å². The molecule has 0 aromatic rings. The van der Waals surface area contributed by atoms with Crippen LogP contribution >= 0.6 is 11.8 Å². The van der Waals surface area contributed by atoms with E-state index in [4.69, 9.17) is 0 Å². The second-order valence-corrected chi connectivity index (χ2v) is 5.85. The first-order chi connectivity index (χ1) is 8.83.